The number of benzene rings is 1. The van der Waals surface area contributed by atoms with E-state index in [1.54, 1.807) is 18.2 Å². The molecule has 1 aromatic carbocycles. The first-order valence-electron chi connectivity index (χ1n) is 8.21. The maximum absolute atomic E-state index is 11.5. The van der Waals surface area contributed by atoms with Gasteiger partial charge in [-0.1, -0.05) is 12.1 Å². The van der Waals surface area contributed by atoms with Gasteiger partial charge in [0.25, 0.3) is 0 Å². The lowest BCUT2D eigenvalue weighted by Crippen LogP contribution is -2.41. The van der Waals surface area contributed by atoms with Gasteiger partial charge in [0.2, 0.25) is 0 Å². The van der Waals surface area contributed by atoms with E-state index < -0.39 is 24.4 Å². The van der Waals surface area contributed by atoms with E-state index in [0.717, 1.165) is 6.29 Å². The fourth-order valence-corrected chi connectivity index (χ4v) is 2.45. The number of rotatable bonds is 7. The van der Waals surface area contributed by atoms with Crippen LogP contribution < -0.4 is 15.5 Å². The SMILES string of the molecule is CC1(C)OB(c2c(C=O)cccc2OCCCNC(=O)O)OC1(C)C. The Labute approximate surface area is 147 Å². The normalized spacial score (nSPS) is 18.0. The van der Waals surface area contributed by atoms with E-state index in [1.807, 2.05) is 27.7 Å². The highest BCUT2D eigenvalue weighted by Crippen LogP contribution is 2.37. The van der Waals surface area contributed by atoms with E-state index in [-0.39, 0.29) is 6.54 Å². The molecule has 136 valence electrons. The zero-order valence-corrected chi connectivity index (χ0v) is 15.0. The van der Waals surface area contributed by atoms with E-state index >= 15 is 0 Å². The quantitative estimate of drug-likeness (QED) is 0.443. The van der Waals surface area contributed by atoms with Crippen LogP contribution in [0.25, 0.3) is 0 Å². The van der Waals surface area contributed by atoms with Gasteiger partial charge in [-0.3, -0.25) is 4.79 Å². The number of aldehydes is 1. The maximum Gasteiger partial charge on any atom is 0.499 e. The van der Waals surface area contributed by atoms with Crippen molar-refractivity contribution in [3.05, 3.63) is 23.8 Å². The van der Waals surface area contributed by atoms with Crippen molar-refractivity contribution in [3.8, 4) is 5.75 Å². The third kappa shape index (κ3) is 4.32. The molecule has 2 N–H and O–H groups in total. The Morgan fingerprint density at radius 3 is 2.48 bits per heavy atom. The van der Waals surface area contributed by atoms with Crippen molar-refractivity contribution in [2.75, 3.05) is 13.2 Å². The van der Waals surface area contributed by atoms with Gasteiger partial charge >= 0.3 is 13.2 Å². The molecule has 0 radical (unpaired) electrons. The summed E-state index contributed by atoms with van der Waals surface area (Å²) in [5.74, 6) is 0.499. The molecule has 8 heteroatoms. The molecule has 0 spiro atoms. The third-order valence-corrected chi connectivity index (χ3v) is 4.57. The molecule has 1 saturated heterocycles. The lowest BCUT2D eigenvalue weighted by molar-refractivity contribution is 0.00578. The van der Waals surface area contributed by atoms with Crippen LogP contribution >= 0.6 is 0 Å². The summed E-state index contributed by atoms with van der Waals surface area (Å²) in [4.78, 5) is 21.9. The number of carbonyl (C=O) groups is 2. The molecule has 1 fully saturated rings. The van der Waals surface area contributed by atoms with Crippen LogP contribution in [0.1, 0.15) is 44.5 Å². The van der Waals surface area contributed by atoms with Crippen LogP contribution in [0.2, 0.25) is 0 Å². The summed E-state index contributed by atoms with van der Waals surface area (Å²) >= 11 is 0. The molecule has 0 unspecified atom stereocenters. The van der Waals surface area contributed by atoms with Gasteiger partial charge < -0.3 is 24.5 Å². The summed E-state index contributed by atoms with van der Waals surface area (Å²) in [6.45, 7) is 8.34. The molecule has 1 heterocycles. The second-order valence-corrected chi connectivity index (χ2v) is 6.90. The summed E-state index contributed by atoms with van der Waals surface area (Å²) in [7, 11) is -0.710. The summed E-state index contributed by atoms with van der Waals surface area (Å²) in [6, 6.07) is 5.16. The van der Waals surface area contributed by atoms with Crippen molar-refractivity contribution in [1.29, 1.82) is 0 Å². The van der Waals surface area contributed by atoms with Gasteiger partial charge in [0.05, 0.1) is 17.8 Å². The molecule has 0 aromatic heterocycles. The van der Waals surface area contributed by atoms with Crippen molar-refractivity contribution in [1.82, 2.24) is 5.32 Å². The number of ether oxygens (including phenoxy) is 1. The molecular weight excluding hydrogens is 325 g/mol. The Morgan fingerprint density at radius 2 is 1.92 bits per heavy atom. The minimum Gasteiger partial charge on any atom is -0.494 e. The summed E-state index contributed by atoms with van der Waals surface area (Å²) < 4.78 is 17.8. The van der Waals surface area contributed by atoms with E-state index in [2.05, 4.69) is 5.32 Å². The van der Waals surface area contributed by atoms with Gasteiger partial charge in [0.15, 0.2) is 0 Å². The zero-order valence-electron chi connectivity index (χ0n) is 15.0. The second kappa shape index (κ2) is 7.45. The number of hydrogen-bond acceptors (Lipinski definition) is 5. The topological polar surface area (TPSA) is 94.1 Å². The van der Waals surface area contributed by atoms with Crippen molar-refractivity contribution in [2.45, 2.75) is 45.3 Å². The second-order valence-electron chi connectivity index (χ2n) is 6.90. The highest BCUT2D eigenvalue weighted by Gasteiger charge is 2.53. The number of carboxylic acid groups (broad SMARTS) is 1. The number of hydrogen-bond donors (Lipinski definition) is 2. The predicted molar refractivity (Wildman–Crippen MR) is 93.7 cm³/mol. The molecule has 1 aromatic rings. The van der Waals surface area contributed by atoms with Crippen molar-refractivity contribution >= 4 is 25.0 Å². The molecule has 25 heavy (non-hydrogen) atoms. The highest BCUT2D eigenvalue weighted by molar-refractivity contribution is 6.64. The van der Waals surface area contributed by atoms with Gasteiger partial charge in [-0.25, -0.2) is 4.79 Å². The van der Waals surface area contributed by atoms with Gasteiger partial charge in [0.1, 0.15) is 12.0 Å². The first kappa shape index (κ1) is 19.3. The predicted octanol–water partition coefficient (Wildman–Crippen LogP) is 1.83. The molecule has 0 bridgehead atoms. The fourth-order valence-electron chi connectivity index (χ4n) is 2.45. The van der Waals surface area contributed by atoms with Crippen LogP contribution in [0.4, 0.5) is 4.79 Å². The van der Waals surface area contributed by atoms with Gasteiger partial charge in [-0.05, 0) is 40.2 Å². The van der Waals surface area contributed by atoms with Crippen LogP contribution in [0.3, 0.4) is 0 Å². The van der Waals surface area contributed by atoms with Crippen LogP contribution in [0, 0.1) is 0 Å². The highest BCUT2D eigenvalue weighted by atomic mass is 16.7. The Morgan fingerprint density at radius 1 is 1.28 bits per heavy atom. The molecule has 0 atom stereocenters. The molecule has 7 nitrogen and oxygen atoms in total. The number of amides is 1. The van der Waals surface area contributed by atoms with Gasteiger partial charge in [-0.2, -0.15) is 0 Å². The van der Waals surface area contributed by atoms with Crippen LogP contribution in [0.5, 0.6) is 5.75 Å². The smallest absolute Gasteiger partial charge is 0.494 e. The fraction of sp³-hybridized carbons (Fsp3) is 0.529. The summed E-state index contributed by atoms with van der Waals surface area (Å²) in [5.41, 5.74) is -0.0610. The minimum atomic E-state index is -1.07. The van der Waals surface area contributed by atoms with E-state index in [9.17, 15) is 9.59 Å². The number of nitrogens with one attached hydrogen (secondary N) is 1. The first-order chi connectivity index (χ1) is 11.7. The maximum atomic E-state index is 11.5. The van der Waals surface area contributed by atoms with Crippen LogP contribution in [-0.2, 0) is 9.31 Å². The molecule has 1 aliphatic heterocycles. The van der Waals surface area contributed by atoms with Gasteiger partial charge in [0, 0.05) is 17.6 Å². The first-order valence-corrected chi connectivity index (χ1v) is 8.21. The lowest BCUT2D eigenvalue weighted by Gasteiger charge is -2.32. The molecule has 0 saturated carbocycles. The summed E-state index contributed by atoms with van der Waals surface area (Å²) in [6.07, 6.45) is 0.181. The number of carbonyl (C=O) groups excluding carboxylic acids is 1. The molecule has 1 aliphatic rings. The zero-order chi connectivity index (χ0) is 18.7. The van der Waals surface area contributed by atoms with E-state index in [0.29, 0.717) is 29.8 Å². The Balaban J connectivity index is 2.17. The van der Waals surface area contributed by atoms with Crippen molar-refractivity contribution < 1.29 is 28.7 Å². The van der Waals surface area contributed by atoms with Crippen molar-refractivity contribution in [3.63, 3.8) is 0 Å². The monoisotopic (exact) mass is 349 g/mol. The van der Waals surface area contributed by atoms with Crippen LogP contribution in [-0.4, -0.2) is 49.0 Å². The molecular formula is C17H24BNO6. The van der Waals surface area contributed by atoms with E-state index in [4.69, 9.17) is 19.2 Å². The molecule has 0 aliphatic carbocycles. The standard InChI is InChI=1S/C17H24BNO6/c1-16(2)17(3,4)25-18(24-16)14-12(11-20)7-5-8-13(14)23-10-6-9-19-15(21)22/h5,7-8,11,19H,6,9-10H2,1-4H3,(H,21,22). The lowest BCUT2D eigenvalue weighted by atomic mass is 9.75. The third-order valence-electron chi connectivity index (χ3n) is 4.57. The van der Waals surface area contributed by atoms with E-state index in [1.165, 1.54) is 0 Å². The van der Waals surface area contributed by atoms with Gasteiger partial charge in [-0.15, -0.1) is 0 Å². The average molecular weight is 349 g/mol. The van der Waals surface area contributed by atoms with Crippen LogP contribution in [0.15, 0.2) is 18.2 Å². The Bertz CT molecular complexity index is 630. The largest absolute Gasteiger partial charge is 0.499 e. The Hall–Kier alpha value is -2.06. The average Bonchev–Trinajstić information content (AvgIpc) is 2.74. The van der Waals surface area contributed by atoms with Crippen molar-refractivity contribution in [2.24, 2.45) is 0 Å². The molecule has 1 amide bonds. The summed E-state index contributed by atoms with van der Waals surface area (Å²) in [5, 5.41) is 10.8. The molecule has 2 rings (SSSR count). The Kier molecular flexibility index (Phi) is 5.74. The minimum absolute atomic E-state index is 0.286.